The number of carbonyl (C=O) groups is 2. The highest BCUT2D eigenvalue weighted by molar-refractivity contribution is 9.10. The number of rotatable bonds is 6. The molecule has 23 heavy (non-hydrogen) atoms. The maximum absolute atomic E-state index is 11.6. The number of ether oxygens (including phenoxy) is 1. The molecule has 0 aliphatic heterocycles. The van der Waals surface area contributed by atoms with Gasteiger partial charge in [-0.25, -0.2) is 4.79 Å². The van der Waals surface area contributed by atoms with Gasteiger partial charge in [0, 0.05) is 35.9 Å². The van der Waals surface area contributed by atoms with Crippen molar-refractivity contribution in [2.75, 3.05) is 0 Å². The lowest BCUT2D eigenvalue weighted by atomic mass is 10.1. The molecule has 0 unspecified atom stereocenters. The lowest BCUT2D eigenvalue weighted by Crippen LogP contribution is -2.08. The zero-order valence-corrected chi connectivity index (χ0v) is 13.5. The van der Waals surface area contributed by atoms with Crippen molar-refractivity contribution in [3.8, 4) is 5.75 Å². The van der Waals surface area contributed by atoms with Crippen LogP contribution in [0.4, 0.5) is 0 Å². The van der Waals surface area contributed by atoms with Crippen LogP contribution in [0.2, 0.25) is 0 Å². The highest BCUT2D eigenvalue weighted by atomic mass is 79.9. The Morgan fingerprint density at radius 1 is 1.22 bits per heavy atom. The molecule has 8 heteroatoms. The van der Waals surface area contributed by atoms with E-state index in [1.165, 1.54) is 12.1 Å². The Hall–Kier alpha value is -2.35. The van der Waals surface area contributed by atoms with Crippen molar-refractivity contribution >= 4 is 38.8 Å². The summed E-state index contributed by atoms with van der Waals surface area (Å²) < 4.78 is 10.5. The van der Waals surface area contributed by atoms with Crippen LogP contribution in [0.1, 0.15) is 24.8 Å². The van der Waals surface area contributed by atoms with E-state index in [0.29, 0.717) is 15.4 Å². The summed E-state index contributed by atoms with van der Waals surface area (Å²) in [7, 11) is 0. The SMILES string of the molecule is O=C(O)CCCC(=O)OCc1cc(=O)oc2cc(O)c(Br)cc12. The fourth-order valence-corrected chi connectivity index (χ4v) is 2.31. The van der Waals surface area contributed by atoms with Gasteiger partial charge in [0.15, 0.2) is 0 Å². The number of carbonyl (C=O) groups excluding carboxylic acids is 1. The van der Waals surface area contributed by atoms with E-state index in [2.05, 4.69) is 15.9 Å². The third-order valence-corrected chi connectivity index (χ3v) is 3.69. The van der Waals surface area contributed by atoms with Crippen LogP contribution < -0.4 is 5.63 Å². The maximum Gasteiger partial charge on any atom is 0.336 e. The van der Waals surface area contributed by atoms with E-state index < -0.39 is 17.6 Å². The average Bonchev–Trinajstić information content (AvgIpc) is 2.46. The molecular formula is C15H13BrO7. The Balaban J connectivity index is 2.13. The molecule has 0 bridgehead atoms. The number of hydrogen-bond acceptors (Lipinski definition) is 6. The smallest absolute Gasteiger partial charge is 0.336 e. The number of aliphatic carboxylic acids is 1. The van der Waals surface area contributed by atoms with Crippen LogP contribution in [0, 0.1) is 0 Å². The van der Waals surface area contributed by atoms with Crippen LogP contribution in [-0.2, 0) is 20.9 Å². The van der Waals surface area contributed by atoms with E-state index in [9.17, 15) is 19.5 Å². The number of benzene rings is 1. The van der Waals surface area contributed by atoms with E-state index in [1.807, 2.05) is 0 Å². The van der Waals surface area contributed by atoms with Crippen molar-refractivity contribution in [2.45, 2.75) is 25.9 Å². The number of carboxylic acid groups (broad SMARTS) is 1. The quantitative estimate of drug-likeness (QED) is 0.580. The van der Waals surface area contributed by atoms with Gasteiger partial charge in [-0.05, 0) is 28.4 Å². The van der Waals surface area contributed by atoms with Crippen molar-refractivity contribution in [1.82, 2.24) is 0 Å². The highest BCUT2D eigenvalue weighted by Crippen LogP contribution is 2.30. The second kappa shape index (κ2) is 7.28. The third kappa shape index (κ3) is 4.56. The van der Waals surface area contributed by atoms with Gasteiger partial charge < -0.3 is 19.4 Å². The van der Waals surface area contributed by atoms with E-state index in [0.717, 1.165) is 0 Å². The number of phenolic OH excluding ortho intramolecular Hbond substituents is 1. The molecule has 0 aliphatic carbocycles. The molecule has 122 valence electrons. The molecule has 0 amide bonds. The molecule has 0 spiro atoms. The summed E-state index contributed by atoms with van der Waals surface area (Å²) in [5.41, 5.74) is -0.0187. The van der Waals surface area contributed by atoms with Crippen LogP contribution >= 0.6 is 15.9 Å². The number of esters is 1. The standard InChI is InChI=1S/C15H13BrO7/c16-10-5-9-8(4-15(21)23-12(9)6-11(10)17)7-22-14(20)3-1-2-13(18)19/h4-6,17H,1-3,7H2,(H,18,19). The predicted octanol–water partition coefficient (Wildman–Crippen LogP) is 2.56. The number of phenols is 1. The molecule has 0 saturated heterocycles. The molecule has 0 atom stereocenters. The normalized spacial score (nSPS) is 10.7. The minimum absolute atomic E-state index is 0.0177. The van der Waals surface area contributed by atoms with Crippen molar-refractivity contribution in [2.24, 2.45) is 0 Å². The lowest BCUT2D eigenvalue weighted by Gasteiger charge is -2.08. The van der Waals surface area contributed by atoms with Crippen molar-refractivity contribution in [3.63, 3.8) is 0 Å². The number of halogens is 1. The summed E-state index contributed by atoms with van der Waals surface area (Å²) in [5.74, 6) is -1.61. The first-order valence-corrected chi connectivity index (χ1v) is 7.49. The van der Waals surface area contributed by atoms with Gasteiger partial charge in [0.1, 0.15) is 17.9 Å². The van der Waals surface area contributed by atoms with Gasteiger partial charge >= 0.3 is 17.6 Å². The molecule has 0 radical (unpaired) electrons. The van der Waals surface area contributed by atoms with Gasteiger partial charge in [0.2, 0.25) is 0 Å². The number of fused-ring (bicyclic) bond motifs is 1. The van der Waals surface area contributed by atoms with Crippen molar-refractivity contribution in [3.05, 3.63) is 38.7 Å². The minimum Gasteiger partial charge on any atom is -0.507 e. The van der Waals surface area contributed by atoms with E-state index in [-0.39, 0.29) is 37.2 Å². The van der Waals surface area contributed by atoms with Crippen LogP contribution in [0.3, 0.4) is 0 Å². The molecule has 2 N–H and O–H groups in total. The van der Waals surface area contributed by atoms with Gasteiger partial charge in [-0.1, -0.05) is 0 Å². The maximum atomic E-state index is 11.6. The Labute approximate surface area is 138 Å². The molecule has 0 fully saturated rings. The van der Waals surface area contributed by atoms with Gasteiger partial charge in [0.25, 0.3) is 0 Å². The molecule has 2 aromatic rings. The monoisotopic (exact) mass is 384 g/mol. The molecule has 1 heterocycles. The first kappa shape index (κ1) is 17.0. The van der Waals surface area contributed by atoms with Gasteiger partial charge in [-0.2, -0.15) is 0 Å². The number of carboxylic acids is 1. The lowest BCUT2D eigenvalue weighted by molar-refractivity contribution is -0.145. The topological polar surface area (TPSA) is 114 Å². The van der Waals surface area contributed by atoms with E-state index in [4.69, 9.17) is 14.3 Å². The molecule has 0 saturated carbocycles. The summed E-state index contributed by atoms with van der Waals surface area (Å²) in [6, 6.07) is 4.05. The summed E-state index contributed by atoms with van der Waals surface area (Å²) in [6.45, 7) is -0.148. The Morgan fingerprint density at radius 2 is 1.96 bits per heavy atom. The summed E-state index contributed by atoms with van der Waals surface area (Å²) in [4.78, 5) is 33.5. The van der Waals surface area contributed by atoms with Crippen LogP contribution in [0.5, 0.6) is 5.75 Å². The van der Waals surface area contributed by atoms with Gasteiger partial charge in [-0.3, -0.25) is 9.59 Å². The largest absolute Gasteiger partial charge is 0.507 e. The zero-order chi connectivity index (χ0) is 17.0. The van der Waals surface area contributed by atoms with Crippen molar-refractivity contribution in [1.29, 1.82) is 0 Å². The summed E-state index contributed by atoms with van der Waals surface area (Å²) >= 11 is 3.16. The predicted molar refractivity (Wildman–Crippen MR) is 83.1 cm³/mol. The van der Waals surface area contributed by atoms with Crippen LogP contribution in [-0.4, -0.2) is 22.2 Å². The minimum atomic E-state index is -0.978. The fraction of sp³-hybridized carbons (Fsp3) is 0.267. The highest BCUT2D eigenvalue weighted by Gasteiger charge is 2.12. The van der Waals surface area contributed by atoms with Gasteiger partial charge in [0.05, 0.1) is 4.47 Å². The molecular weight excluding hydrogens is 372 g/mol. The summed E-state index contributed by atoms with van der Waals surface area (Å²) in [6.07, 6.45) is 0.0561. The number of aromatic hydroxyl groups is 1. The second-order valence-electron chi connectivity index (χ2n) is 4.80. The van der Waals surface area contributed by atoms with Crippen LogP contribution in [0.15, 0.2) is 31.9 Å². The fourth-order valence-electron chi connectivity index (χ4n) is 1.97. The van der Waals surface area contributed by atoms with E-state index >= 15 is 0 Å². The molecule has 1 aromatic heterocycles. The molecule has 2 rings (SSSR count). The van der Waals surface area contributed by atoms with Crippen molar-refractivity contribution < 1.29 is 29.0 Å². The molecule has 7 nitrogen and oxygen atoms in total. The first-order chi connectivity index (χ1) is 10.9. The Kier molecular flexibility index (Phi) is 5.38. The molecule has 0 aliphatic rings. The zero-order valence-electron chi connectivity index (χ0n) is 11.9. The number of hydrogen-bond donors (Lipinski definition) is 2. The third-order valence-electron chi connectivity index (χ3n) is 3.06. The Morgan fingerprint density at radius 3 is 2.65 bits per heavy atom. The first-order valence-electron chi connectivity index (χ1n) is 6.69. The Bertz CT molecular complexity index is 809. The van der Waals surface area contributed by atoms with Crippen LogP contribution in [0.25, 0.3) is 11.0 Å². The second-order valence-corrected chi connectivity index (χ2v) is 5.65. The van der Waals surface area contributed by atoms with Gasteiger partial charge in [-0.15, -0.1) is 0 Å². The molecule has 1 aromatic carbocycles. The van der Waals surface area contributed by atoms with E-state index in [1.54, 1.807) is 6.07 Å². The summed E-state index contributed by atoms with van der Waals surface area (Å²) in [5, 5.41) is 18.6. The average molecular weight is 385 g/mol.